The molecule has 6 nitrogen and oxygen atoms in total. The Labute approximate surface area is 174 Å². The number of nitrogens with zero attached hydrogens (tertiary/aromatic N) is 3. The van der Waals surface area contributed by atoms with Crippen LogP contribution in [0.15, 0.2) is 45.3 Å². The quantitative estimate of drug-likeness (QED) is 0.470. The minimum atomic E-state index is -0.132. The van der Waals surface area contributed by atoms with E-state index in [1.165, 1.54) is 16.7 Å². The van der Waals surface area contributed by atoms with Crippen LogP contribution < -0.4 is 4.90 Å². The highest BCUT2D eigenvalue weighted by Gasteiger charge is 2.35. The normalized spacial score (nSPS) is 16.7. The van der Waals surface area contributed by atoms with Gasteiger partial charge in [0, 0.05) is 29.6 Å². The summed E-state index contributed by atoms with van der Waals surface area (Å²) in [5.41, 5.74) is 6.24. The molecular formula is C24H23N3O3. The number of carbonyl (C=O) groups excluding carboxylic acids is 1. The van der Waals surface area contributed by atoms with Crippen LogP contribution in [0.2, 0.25) is 0 Å². The highest BCUT2D eigenvalue weighted by molar-refractivity contribution is 5.96. The zero-order chi connectivity index (χ0) is 21.0. The molecule has 30 heavy (non-hydrogen) atoms. The second kappa shape index (κ2) is 6.83. The van der Waals surface area contributed by atoms with Crippen LogP contribution in [0.4, 0.5) is 5.69 Å². The molecule has 1 aliphatic rings. The van der Waals surface area contributed by atoms with E-state index in [1.807, 2.05) is 31.2 Å². The Morgan fingerprint density at radius 2 is 1.87 bits per heavy atom. The van der Waals surface area contributed by atoms with E-state index in [-0.39, 0.29) is 11.8 Å². The van der Waals surface area contributed by atoms with Gasteiger partial charge in [-0.15, -0.1) is 0 Å². The van der Waals surface area contributed by atoms with Crippen molar-refractivity contribution in [2.75, 3.05) is 11.4 Å². The fraction of sp³-hybridized carbons (Fsp3) is 0.292. The number of furan rings is 1. The predicted octanol–water partition coefficient (Wildman–Crippen LogP) is 5.24. The van der Waals surface area contributed by atoms with Gasteiger partial charge in [0.15, 0.2) is 5.76 Å². The van der Waals surface area contributed by atoms with Crippen LogP contribution in [0, 0.1) is 27.7 Å². The van der Waals surface area contributed by atoms with E-state index in [0.717, 1.165) is 22.2 Å². The van der Waals surface area contributed by atoms with E-state index >= 15 is 0 Å². The summed E-state index contributed by atoms with van der Waals surface area (Å²) in [5, 5.41) is 5.20. The molecule has 0 aliphatic carbocycles. The van der Waals surface area contributed by atoms with Gasteiger partial charge >= 0.3 is 0 Å². The highest BCUT2D eigenvalue weighted by atomic mass is 16.5. The minimum absolute atomic E-state index is 0.0680. The lowest BCUT2D eigenvalue weighted by Gasteiger charge is -2.17. The molecule has 1 atom stereocenters. The highest BCUT2D eigenvalue weighted by Crippen LogP contribution is 2.35. The monoisotopic (exact) mass is 401 g/mol. The van der Waals surface area contributed by atoms with Crippen LogP contribution in [0.1, 0.15) is 40.5 Å². The fourth-order valence-corrected chi connectivity index (χ4v) is 4.06. The summed E-state index contributed by atoms with van der Waals surface area (Å²) in [5.74, 6) is 1.45. The molecule has 1 aliphatic heterocycles. The molecule has 1 unspecified atom stereocenters. The third-order valence-electron chi connectivity index (χ3n) is 6.01. The topological polar surface area (TPSA) is 72.4 Å². The first-order chi connectivity index (χ1) is 14.4. The standard InChI is InChI=1S/C24H23N3O3/c1-13-5-8-20-19(9-13)16(4)22(29-20)23-25-24(30-26-23)17-11-21(28)27(12-17)18-7-6-14(2)15(3)10-18/h5-10,17H,11-12H2,1-4H3. The van der Waals surface area contributed by atoms with Gasteiger partial charge < -0.3 is 13.8 Å². The number of hydrogen-bond donors (Lipinski definition) is 0. The lowest BCUT2D eigenvalue weighted by Crippen LogP contribution is -2.24. The number of hydrogen-bond acceptors (Lipinski definition) is 5. The first-order valence-electron chi connectivity index (χ1n) is 10.1. The molecule has 4 aromatic rings. The van der Waals surface area contributed by atoms with E-state index in [9.17, 15) is 4.79 Å². The van der Waals surface area contributed by atoms with Gasteiger partial charge in [-0.25, -0.2) is 0 Å². The molecule has 0 N–H and O–H groups in total. The molecule has 0 spiro atoms. The summed E-state index contributed by atoms with van der Waals surface area (Å²) < 4.78 is 11.5. The molecule has 1 amide bonds. The van der Waals surface area contributed by atoms with Crippen LogP contribution in [-0.4, -0.2) is 22.6 Å². The van der Waals surface area contributed by atoms with Gasteiger partial charge in [0.1, 0.15) is 5.58 Å². The molecule has 6 heteroatoms. The van der Waals surface area contributed by atoms with Gasteiger partial charge in [-0.3, -0.25) is 4.79 Å². The second-order valence-corrected chi connectivity index (χ2v) is 8.19. The van der Waals surface area contributed by atoms with Crippen molar-refractivity contribution in [2.45, 2.75) is 40.0 Å². The van der Waals surface area contributed by atoms with Crippen LogP contribution in [0.5, 0.6) is 0 Å². The van der Waals surface area contributed by atoms with Gasteiger partial charge in [0.25, 0.3) is 0 Å². The minimum Gasteiger partial charge on any atom is -0.452 e. The molecule has 1 saturated heterocycles. The van der Waals surface area contributed by atoms with E-state index in [0.29, 0.717) is 30.4 Å². The molecule has 0 saturated carbocycles. The molecule has 0 radical (unpaired) electrons. The van der Waals surface area contributed by atoms with Crippen molar-refractivity contribution in [1.29, 1.82) is 0 Å². The van der Waals surface area contributed by atoms with Crippen molar-refractivity contribution in [3.8, 4) is 11.6 Å². The number of aromatic nitrogens is 2. The van der Waals surface area contributed by atoms with Gasteiger partial charge in [0.2, 0.25) is 17.6 Å². The van der Waals surface area contributed by atoms with Crippen LogP contribution in [-0.2, 0) is 4.79 Å². The Morgan fingerprint density at radius 3 is 2.67 bits per heavy atom. The van der Waals surface area contributed by atoms with E-state index < -0.39 is 0 Å². The van der Waals surface area contributed by atoms with Gasteiger partial charge in [-0.1, -0.05) is 22.9 Å². The molecular weight excluding hydrogens is 378 g/mol. The Hall–Kier alpha value is -3.41. The number of benzene rings is 2. The number of anilines is 1. The van der Waals surface area contributed by atoms with E-state index in [4.69, 9.17) is 8.94 Å². The Bertz CT molecular complexity index is 1280. The smallest absolute Gasteiger partial charge is 0.238 e. The average Bonchev–Trinajstić information content (AvgIpc) is 3.42. The molecule has 0 bridgehead atoms. The maximum atomic E-state index is 12.7. The van der Waals surface area contributed by atoms with Gasteiger partial charge in [-0.2, -0.15) is 4.98 Å². The van der Waals surface area contributed by atoms with Crippen LogP contribution in [0.3, 0.4) is 0 Å². The number of fused-ring (bicyclic) bond motifs is 1. The largest absolute Gasteiger partial charge is 0.452 e. The fourth-order valence-electron chi connectivity index (χ4n) is 4.06. The third kappa shape index (κ3) is 3.00. The maximum Gasteiger partial charge on any atom is 0.238 e. The SMILES string of the molecule is Cc1ccc2oc(-c3noc(C4CC(=O)N(c5ccc(C)c(C)c5)C4)n3)c(C)c2c1. The molecule has 3 heterocycles. The van der Waals surface area contributed by atoms with Crippen LogP contribution >= 0.6 is 0 Å². The summed E-state index contributed by atoms with van der Waals surface area (Å²) in [6.07, 6.45) is 0.354. The van der Waals surface area contributed by atoms with E-state index in [1.54, 1.807) is 4.90 Å². The van der Waals surface area contributed by atoms with E-state index in [2.05, 4.69) is 43.0 Å². The number of aryl methyl sites for hydroxylation is 4. The van der Waals surface area contributed by atoms with Crippen LogP contribution in [0.25, 0.3) is 22.6 Å². The molecule has 1 fully saturated rings. The second-order valence-electron chi connectivity index (χ2n) is 8.19. The zero-order valence-corrected chi connectivity index (χ0v) is 17.5. The molecule has 2 aromatic carbocycles. The lowest BCUT2D eigenvalue weighted by atomic mass is 10.1. The lowest BCUT2D eigenvalue weighted by molar-refractivity contribution is -0.117. The van der Waals surface area contributed by atoms with Gasteiger partial charge in [0.05, 0.1) is 5.92 Å². The molecule has 2 aromatic heterocycles. The average molecular weight is 401 g/mol. The Morgan fingerprint density at radius 1 is 1.03 bits per heavy atom. The van der Waals surface area contributed by atoms with Crippen molar-refractivity contribution in [3.63, 3.8) is 0 Å². The molecule has 5 rings (SSSR count). The number of rotatable bonds is 3. The van der Waals surface area contributed by atoms with Crippen molar-refractivity contribution in [1.82, 2.24) is 10.1 Å². The third-order valence-corrected chi connectivity index (χ3v) is 6.01. The van der Waals surface area contributed by atoms with Crippen molar-refractivity contribution >= 4 is 22.6 Å². The molecule has 152 valence electrons. The summed E-state index contributed by atoms with van der Waals surface area (Å²) in [7, 11) is 0. The number of amides is 1. The van der Waals surface area contributed by atoms with Crippen molar-refractivity contribution < 1.29 is 13.7 Å². The predicted molar refractivity (Wildman–Crippen MR) is 115 cm³/mol. The first kappa shape index (κ1) is 18.6. The maximum absolute atomic E-state index is 12.7. The summed E-state index contributed by atoms with van der Waals surface area (Å²) in [4.78, 5) is 19.0. The first-order valence-corrected chi connectivity index (χ1v) is 10.1. The zero-order valence-electron chi connectivity index (χ0n) is 17.5. The summed E-state index contributed by atoms with van der Waals surface area (Å²) in [6.45, 7) is 8.70. The van der Waals surface area contributed by atoms with Crippen molar-refractivity contribution in [3.05, 3.63) is 64.5 Å². The summed E-state index contributed by atoms with van der Waals surface area (Å²) in [6, 6.07) is 12.1. The summed E-state index contributed by atoms with van der Waals surface area (Å²) >= 11 is 0. The Kier molecular flexibility index (Phi) is 4.24. The van der Waals surface area contributed by atoms with Crippen molar-refractivity contribution in [2.24, 2.45) is 0 Å². The number of carbonyl (C=O) groups is 1. The van der Waals surface area contributed by atoms with Gasteiger partial charge in [-0.05, 0) is 63.1 Å². The Balaban J connectivity index is 1.43.